The minimum Gasteiger partial charge on any atom is -0.445 e. The number of hydrogen-bond donors (Lipinski definition) is 1. The number of amides is 1. The van der Waals surface area contributed by atoms with E-state index in [1.807, 2.05) is 36.4 Å². The van der Waals surface area contributed by atoms with Gasteiger partial charge in [-0.1, -0.05) is 42.8 Å². The monoisotopic (exact) mass is 314 g/mol. The molecule has 1 aliphatic carbocycles. The van der Waals surface area contributed by atoms with Gasteiger partial charge in [0.1, 0.15) is 6.61 Å². The van der Waals surface area contributed by atoms with Crippen molar-refractivity contribution in [3.63, 3.8) is 0 Å². The normalized spacial score (nSPS) is 15.5. The van der Waals surface area contributed by atoms with Gasteiger partial charge in [0.05, 0.1) is 5.69 Å². The lowest BCUT2D eigenvalue weighted by molar-refractivity contribution is 0.131. The highest BCUT2D eigenvalue weighted by molar-refractivity contribution is 5.67. The number of nitrogens with zero attached hydrogens (tertiary/aromatic N) is 1. The molecule has 1 aromatic carbocycles. The standard InChI is InChI=1S/C18H19FN2O2/c19-16-9-4-8-15(21-16)18(10-5-11-18)13-20-17(22)23-12-14-6-2-1-3-7-14/h1-4,6-9H,5,10-13H2,(H,20,22). The second-order valence-corrected chi connectivity index (χ2v) is 5.89. The number of nitrogens with one attached hydrogen (secondary N) is 1. The molecule has 23 heavy (non-hydrogen) atoms. The number of halogens is 1. The molecule has 0 spiro atoms. The number of carbonyl (C=O) groups excluding carboxylic acids is 1. The molecule has 1 heterocycles. The molecule has 0 radical (unpaired) electrons. The third-order valence-electron chi connectivity index (χ3n) is 4.35. The second kappa shape index (κ2) is 6.77. The lowest BCUT2D eigenvalue weighted by Gasteiger charge is -2.41. The number of alkyl carbamates (subject to hydrolysis) is 1. The zero-order valence-electron chi connectivity index (χ0n) is 12.8. The summed E-state index contributed by atoms with van der Waals surface area (Å²) in [7, 11) is 0. The van der Waals surface area contributed by atoms with Crippen molar-refractivity contribution in [2.75, 3.05) is 6.54 Å². The molecule has 1 saturated carbocycles. The summed E-state index contributed by atoms with van der Waals surface area (Å²) in [6.07, 6.45) is 2.38. The smallest absolute Gasteiger partial charge is 0.407 e. The molecule has 1 fully saturated rings. The van der Waals surface area contributed by atoms with Gasteiger partial charge in [-0.05, 0) is 30.5 Å². The molecule has 0 unspecified atom stereocenters. The SMILES string of the molecule is O=C(NCC1(c2cccc(F)n2)CCC1)OCc1ccccc1. The summed E-state index contributed by atoms with van der Waals surface area (Å²) in [4.78, 5) is 15.9. The molecule has 0 bridgehead atoms. The Bertz CT molecular complexity index is 672. The first-order valence-electron chi connectivity index (χ1n) is 7.76. The molecule has 4 nitrogen and oxygen atoms in total. The van der Waals surface area contributed by atoms with Crippen LogP contribution in [0.4, 0.5) is 9.18 Å². The van der Waals surface area contributed by atoms with E-state index in [0.29, 0.717) is 12.2 Å². The number of hydrogen-bond acceptors (Lipinski definition) is 3. The average Bonchev–Trinajstić information content (AvgIpc) is 2.53. The van der Waals surface area contributed by atoms with E-state index in [2.05, 4.69) is 10.3 Å². The Morgan fingerprint density at radius 2 is 1.96 bits per heavy atom. The molecule has 2 aromatic rings. The third-order valence-corrected chi connectivity index (χ3v) is 4.35. The lowest BCUT2D eigenvalue weighted by Crippen LogP contribution is -2.46. The van der Waals surface area contributed by atoms with Crippen molar-refractivity contribution in [1.29, 1.82) is 0 Å². The molecule has 0 saturated heterocycles. The van der Waals surface area contributed by atoms with Crippen molar-refractivity contribution in [3.8, 4) is 0 Å². The molecule has 120 valence electrons. The van der Waals surface area contributed by atoms with Gasteiger partial charge in [0.25, 0.3) is 0 Å². The number of benzene rings is 1. The molecular formula is C18H19FN2O2. The maximum Gasteiger partial charge on any atom is 0.407 e. The molecule has 1 N–H and O–H groups in total. The van der Waals surface area contributed by atoms with E-state index in [1.165, 1.54) is 6.07 Å². The van der Waals surface area contributed by atoms with E-state index in [9.17, 15) is 9.18 Å². The van der Waals surface area contributed by atoms with E-state index in [1.54, 1.807) is 6.07 Å². The van der Waals surface area contributed by atoms with Gasteiger partial charge < -0.3 is 10.1 Å². The highest BCUT2D eigenvalue weighted by atomic mass is 19.1. The maximum atomic E-state index is 13.3. The molecule has 0 aliphatic heterocycles. The molecular weight excluding hydrogens is 295 g/mol. The topological polar surface area (TPSA) is 51.2 Å². The highest BCUT2D eigenvalue weighted by Gasteiger charge is 2.40. The first-order valence-corrected chi connectivity index (χ1v) is 7.76. The van der Waals surface area contributed by atoms with E-state index in [-0.39, 0.29) is 12.0 Å². The molecule has 1 aromatic heterocycles. The van der Waals surface area contributed by atoms with Crippen LogP contribution < -0.4 is 5.32 Å². The first kappa shape index (κ1) is 15.5. The number of ether oxygens (including phenoxy) is 1. The lowest BCUT2D eigenvalue weighted by atomic mass is 9.66. The van der Waals surface area contributed by atoms with Gasteiger partial charge in [0.2, 0.25) is 5.95 Å². The fourth-order valence-corrected chi connectivity index (χ4v) is 2.85. The van der Waals surface area contributed by atoms with Crippen LogP contribution >= 0.6 is 0 Å². The van der Waals surface area contributed by atoms with Gasteiger partial charge in [-0.15, -0.1) is 0 Å². The van der Waals surface area contributed by atoms with Crippen LogP contribution in [0.25, 0.3) is 0 Å². The van der Waals surface area contributed by atoms with Crippen LogP contribution in [0.3, 0.4) is 0 Å². The van der Waals surface area contributed by atoms with E-state index >= 15 is 0 Å². The van der Waals surface area contributed by atoms with E-state index in [0.717, 1.165) is 24.8 Å². The Hall–Kier alpha value is -2.43. The van der Waals surface area contributed by atoms with Crippen LogP contribution in [0.1, 0.15) is 30.5 Å². The summed E-state index contributed by atoms with van der Waals surface area (Å²) < 4.78 is 18.5. The predicted molar refractivity (Wildman–Crippen MR) is 84.4 cm³/mol. The number of rotatable bonds is 5. The average molecular weight is 314 g/mol. The maximum absolute atomic E-state index is 13.3. The van der Waals surface area contributed by atoms with Crippen molar-refractivity contribution in [2.24, 2.45) is 0 Å². The van der Waals surface area contributed by atoms with Crippen LogP contribution in [0.5, 0.6) is 0 Å². The Kier molecular flexibility index (Phi) is 4.55. The van der Waals surface area contributed by atoms with Crippen molar-refractivity contribution in [1.82, 2.24) is 10.3 Å². The van der Waals surface area contributed by atoms with Gasteiger partial charge in [0.15, 0.2) is 0 Å². The van der Waals surface area contributed by atoms with Crippen LogP contribution in [-0.4, -0.2) is 17.6 Å². The van der Waals surface area contributed by atoms with E-state index < -0.39 is 12.0 Å². The Morgan fingerprint density at radius 3 is 2.61 bits per heavy atom. The molecule has 3 rings (SSSR count). The minimum absolute atomic E-state index is 0.234. The van der Waals surface area contributed by atoms with Gasteiger partial charge in [-0.25, -0.2) is 9.78 Å². The van der Waals surface area contributed by atoms with Crippen molar-refractivity contribution in [3.05, 3.63) is 65.7 Å². The number of carbonyl (C=O) groups is 1. The molecule has 0 atom stereocenters. The predicted octanol–water partition coefficient (Wildman–Crippen LogP) is 3.57. The van der Waals surface area contributed by atoms with Gasteiger partial charge in [-0.2, -0.15) is 4.39 Å². The largest absolute Gasteiger partial charge is 0.445 e. The summed E-state index contributed by atoms with van der Waals surface area (Å²) in [6, 6.07) is 14.3. The molecule has 1 amide bonds. The summed E-state index contributed by atoms with van der Waals surface area (Å²) in [5, 5.41) is 2.79. The van der Waals surface area contributed by atoms with Crippen LogP contribution in [0.2, 0.25) is 0 Å². The fourth-order valence-electron chi connectivity index (χ4n) is 2.85. The Morgan fingerprint density at radius 1 is 1.17 bits per heavy atom. The van der Waals surface area contributed by atoms with Gasteiger partial charge >= 0.3 is 6.09 Å². The number of pyridine rings is 1. The Labute approximate surface area is 134 Å². The van der Waals surface area contributed by atoms with Gasteiger partial charge in [-0.3, -0.25) is 0 Å². The minimum atomic E-state index is -0.486. The van der Waals surface area contributed by atoms with Crippen molar-refractivity contribution < 1.29 is 13.9 Å². The first-order chi connectivity index (χ1) is 11.2. The summed E-state index contributed by atoms with van der Waals surface area (Å²) in [5.74, 6) is -0.486. The van der Waals surface area contributed by atoms with Crippen LogP contribution in [0, 0.1) is 5.95 Å². The molecule has 1 aliphatic rings. The van der Waals surface area contributed by atoms with Crippen LogP contribution in [0.15, 0.2) is 48.5 Å². The van der Waals surface area contributed by atoms with Crippen molar-refractivity contribution in [2.45, 2.75) is 31.3 Å². The highest BCUT2D eigenvalue weighted by Crippen LogP contribution is 2.42. The third kappa shape index (κ3) is 3.67. The summed E-state index contributed by atoms with van der Waals surface area (Å²) in [6.45, 7) is 0.648. The fraction of sp³-hybridized carbons (Fsp3) is 0.333. The second-order valence-electron chi connectivity index (χ2n) is 5.89. The molecule has 5 heteroatoms. The Balaban J connectivity index is 1.55. The summed E-state index contributed by atoms with van der Waals surface area (Å²) >= 11 is 0. The number of aromatic nitrogens is 1. The zero-order chi connectivity index (χ0) is 16.1. The summed E-state index contributed by atoms with van der Waals surface area (Å²) in [5.41, 5.74) is 1.37. The van der Waals surface area contributed by atoms with Crippen molar-refractivity contribution >= 4 is 6.09 Å². The van der Waals surface area contributed by atoms with E-state index in [4.69, 9.17) is 4.74 Å². The van der Waals surface area contributed by atoms with Gasteiger partial charge in [0, 0.05) is 12.0 Å². The van der Waals surface area contributed by atoms with Crippen LogP contribution in [-0.2, 0) is 16.8 Å². The zero-order valence-corrected chi connectivity index (χ0v) is 12.8. The quantitative estimate of drug-likeness (QED) is 0.858.